The molecule has 3 unspecified atom stereocenters. The first-order valence-electron chi connectivity index (χ1n) is 5.11. The van der Waals surface area contributed by atoms with Crippen LogP contribution in [0.5, 0.6) is 5.75 Å². The third kappa shape index (κ3) is 2.48. The molecule has 1 aliphatic rings. The fourth-order valence-electron chi connectivity index (χ4n) is 1.64. The standard InChI is InChI=1S/C11H11Cl2NO3/c1-5(16-6(2)15)8-3-7-9(4-14-8)17-11(13)10(7)12/h3-5,10-11H,1-2H3. The lowest BCUT2D eigenvalue weighted by Crippen LogP contribution is -2.07. The third-order valence-corrected chi connectivity index (χ3v) is 3.38. The molecule has 1 aromatic rings. The van der Waals surface area contributed by atoms with Gasteiger partial charge in [0, 0.05) is 12.5 Å². The summed E-state index contributed by atoms with van der Waals surface area (Å²) in [6.07, 6.45) is 1.12. The first kappa shape index (κ1) is 12.5. The molecule has 0 saturated carbocycles. The summed E-state index contributed by atoms with van der Waals surface area (Å²) in [6, 6.07) is 1.75. The Hall–Kier alpha value is -1.00. The third-order valence-electron chi connectivity index (χ3n) is 2.44. The Morgan fingerprint density at radius 1 is 1.59 bits per heavy atom. The van der Waals surface area contributed by atoms with E-state index in [1.54, 1.807) is 19.2 Å². The van der Waals surface area contributed by atoms with Gasteiger partial charge in [0.25, 0.3) is 0 Å². The van der Waals surface area contributed by atoms with E-state index < -0.39 is 17.0 Å². The second-order valence-corrected chi connectivity index (χ2v) is 4.67. The average molecular weight is 276 g/mol. The van der Waals surface area contributed by atoms with Crippen molar-refractivity contribution in [1.29, 1.82) is 0 Å². The molecule has 0 bridgehead atoms. The molecule has 4 nitrogen and oxygen atoms in total. The van der Waals surface area contributed by atoms with E-state index in [9.17, 15) is 4.79 Å². The maximum Gasteiger partial charge on any atom is 0.303 e. The van der Waals surface area contributed by atoms with Crippen LogP contribution in [0.2, 0.25) is 0 Å². The highest BCUT2D eigenvalue weighted by Gasteiger charge is 2.32. The molecule has 17 heavy (non-hydrogen) atoms. The van der Waals surface area contributed by atoms with Gasteiger partial charge in [0.2, 0.25) is 0 Å². The van der Waals surface area contributed by atoms with Crippen LogP contribution in [0.25, 0.3) is 0 Å². The van der Waals surface area contributed by atoms with Gasteiger partial charge in [-0.1, -0.05) is 11.6 Å². The maximum absolute atomic E-state index is 10.9. The van der Waals surface area contributed by atoms with Crippen molar-refractivity contribution in [2.45, 2.75) is 30.9 Å². The summed E-state index contributed by atoms with van der Waals surface area (Å²) in [5, 5.41) is -0.419. The molecule has 0 fully saturated rings. The van der Waals surface area contributed by atoms with E-state index >= 15 is 0 Å². The number of halogens is 2. The zero-order chi connectivity index (χ0) is 12.6. The van der Waals surface area contributed by atoms with Gasteiger partial charge < -0.3 is 9.47 Å². The van der Waals surface area contributed by atoms with Gasteiger partial charge >= 0.3 is 5.97 Å². The summed E-state index contributed by atoms with van der Waals surface area (Å²) < 4.78 is 10.3. The average Bonchev–Trinajstić information content (AvgIpc) is 2.54. The van der Waals surface area contributed by atoms with Gasteiger partial charge in [0.15, 0.2) is 5.56 Å². The van der Waals surface area contributed by atoms with E-state index in [4.69, 9.17) is 32.7 Å². The van der Waals surface area contributed by atoms with Crippen LogP contribution in [0.15, 0.2) is 12.3 Å². The number of hydrogen-bond donors (Lipinski definition) is 0. The van der Waals surface area contributed by atoms with Crippen molar-refractivity contribution in [1.82, 2.24) is 4.98 Å². The number of carbonyl (C=O) groups excluding carboxylic acids is 1. The quantitative estimate of drug-likeness (QED) is 0.615. The predicted octanol–water partition coefficient (Wildman–Crippen LogP) is 2.94. The summed E-state index contributed by atoms with van der Waals surface area (Å²) in [5.74, 6) is 0.220. The van der Waals surface area contributed by atoms with Crippen LogP contribution in [0.1, 0.15) is 36.6 Å². The van der Waals surface area contributed by atoms with E-state index in [1.165, 1.54) is 6.92 Å². The van der Waals surface area contributed by atoms with Gasteiger partial charge in [-0.2, -0.15) is 0 Å². The molecular formula is C11H11Cl2NO3. The van der Waals surface area contributed by atoms with Crippen molar-refractivity contribution in [3.63, 3.8) is 0 Å². The minimum atomic E-state index is -0.590. The van der Waals surface area contributed by atoms with Crippen molar-refractivity contribution in [3.05, 3.63) is 23.5 Å². The topological polar surface area (TPSA) is 48.4 Å². The molecular weight excluding hydrogens is 265 g/mol. The van der Waals surface area contributed by atoms with Crippen LogP contribution in [-0.2, 0) is 9.53 Å². The molecule has 6 heteroatoms. The molecule has 92 valence electrons. The lowest BCUT2D eigenvalue weighted by Gasteiger charge is -2.12. The summed E-state index contributed by atoms with van der Waals surface area (Å²) in [6.45, 7) is 3.10. The molecule has 0 radical (unpaired) electrons. The summed E-state index contributed by atoms with van der Waals surface area (Å²) in [5.41, 5.74) is 0.808. The first-order chi connectivity index (χ1) is 7.99. The fraction of sp³-hybridized carbons (Fsp3) is 0.455. The number of nitrogens with zero attached hydrogens (tertiary/aromatic N) is 1. The summed E-state index contributed by atoms with van der Waals surface area (Å²) >= 11 is 12.0. The number of alkyl halides is 2. The Morgan fingerprint density at radius 2 is 2.29 bits per heavy atom. The molecule has 0 aromatic carbocycles. The molecule has 0 N–H and O–H groups in total. The van der Waals surface area contributed by atoms with Crippen molar-refractivity contribution in [2.24, 2.45) is 0 Å². The highest BCUT2D eigenvalue weighted by molar-refractivity contribution is 6.30. The number of esters is 1. The fourth-order valence-corrected chi connectivity index (χ4v) is 2.10. The van der Waals surface area contributed by atoms with Crippen molar-refractivity contribution < 1.29 is 14.3 Å². The SMILES string of the molecule is CC(=O)OC(C)c1cc2c(cn1)OC(Cl)C2Cl. The Balaban J connectivity index is 2.25. The molecule has 1 aliphatic heterocycles. The largest absolute Gasteiger partial charge is 0.471 e. The van der Waals surface area contributed by atoms with E-state index in [0.717, 1.165) is 5.56 Å². The van der Waals surface area contributed by atoms with Crippen molar-refractivity contribution >= 4 is 29.2 Å². The number of aromatic nitrogens is 1. The highest BCUT2D eigenvalue weighted by Crippen LogP contribution is 2.42. The minimum Gasteiger partial charge on any atom is -0.471 e. The van der Waals surface area contributed by atoms with Crippen LogP contribution in [-0.4, -0.2) is 16.5 Å². The minimum absolute atomic E-state index is 0.353. The van der Waals surface area contributed by atoms with Gasteiger partial charge in [-0.05, 0) is 13.0 Å². The van der Waals surface area contributed by atoms with Gasteiger partial charge in [-0.3, -0.25) is 9.78 Å². The lowest BCUT2D eigenvalue weighted by molar-refractivity contribution is -0.145. The second-order valence-electron chi connectivity index (χ2n) is 3.77. The lowest BCUT2D eigenvalue weighted by atomic mass is 10.1. The van der Waals surface area contributed by atoms with Crippen LogP contribution < -0.4 is 4.74 Å². The molecule has 2 heterocycles. The van der Waals surface area contributed by atoms with Gasteiger partial charge in [-0.25, -0.2) is 0 Å². The van der Waals surface area contributed by atoms with Crippen LogP contribution in [0.3, 0.4) is 0 Å². The van der Waals surface area contributed by atoms with Crippen LogP contribution in [0.4, 0.5) is 0 Å². The van der Waals surface area contributed by atoms with Gasteiger partial charge in [0.1, 0.15) is 17.2 Å². The first-order valence-corrected chi connectivity index (χ1v) is 5.98. The summed E-state index contributed by atoms with van der Waals surface area (Å²) in [4.78, 5) is 15.0. The molecule has 0 aliphatic carbocycles. The number of rotatable bonds is 2. The molecule has 3 atom stereocenters. The van der Waals surface area contributed by atoms with Gasteiger partial charge in [0.05, 0.1) is 11.9 Å². The van der Waals surface area contributed by atoms with E-state index in [2.05, 4.69) is 4.98 Å². The normalized spacial score (nSPS) is 23.8. The Morgan fingerprint density at radius 3 is 2.94 bits per heavy atom. The zero-order valence-electron chi connectivity index (χ0n) is 9.31. The second kappa shape index (κ2) is 4.70. The molecule has 2 rings (SSSR count). The number of carbonyl (C=O) groups is 1. The zero-order valence-corrected chi connectivity index (χ0v) is 10.8. The van der Waals surface area contributed by atoms with E-state index in [-0.39, 0.29) is 5.97 Å². The highest BCUT2D eigenvalue weighted by atomic mass is 35.5. The number of hydrogen-bond acceptors (Lipinski definition) is 4. The number of ether oxygens (including phenoxy) is 2. The Bertz CT molecular complexity index is 452. The van der Waals surface area contributed by atoms with Crippen LogP contribution in [0, 0.1) is 0 Å². The molecule has 0 spiro atoms. The molecule has 0 amide bonds. The number of fused-ring (bicyclic) bond motifs is 1. The Labute approximate surface area is 109 Å². The van der Waals surface area contributed by atoms with E-state index in [0.29, 0.717) is 11.4 Å². The van der Waals surface area contributed by atoms with Gasteiger partial charge in [-0.15, -0.1) is 11.6 Å². The monoisotopic (exact) mass is 275 g/mol. The number of pyridine rings is 1. The van der Waals surface area contributed by atoms with Crippen LogP contribution >= 0.6 is 23.2 Å². The Kier molecular flexibility index (Phi) is 3.45. The smallest absolute Gasteiger partial charge is 0.303 e. The summed E-state index contributed by atoms with van der Waals surface area (Å²) in [7, 11) is 0. The molecule has 0 saturated heterocycles. The van der Waals surface area contributed by atoms with Crippen molar-refractivity contribution in [2.75, 3.05) is 0 Å². The van der Waals surface area contributed by atoms with Crippen molar-refractivity contribution in [3.8, 4) is 5.75 Å². The predicted molar refractivity (Wildman–Crippen MR) is 63.3 cm³/mol. The van der Waals surface area contributed by atoms with E-state index in [1.807, 2.05) is 0 Å². The molecule has 1 aromatic heterocycles. The maximum atomic E-state index is 10.9.